The zero-order valence-corrected chi connectivity index (χ0v) is 17.3. The number of nitrogens with one attached hydrogen (secondary N) is 2. The van der Waals surface area contributed by atoms with Crippen LogP contribution in [-0.2, 0) is 6.18 Å². The van der Waals surface area contributed by atoms with E-state index in [1.165, 1.54) is 12.1 Å². The lowest BCUT2D eigenvalue weighted by Gasteiger charge is -2.16. The van der Waals surface area contributed by atoms with Crippen LogP contribution in [0.15, 0.2) is 36.7 Å². The second-order valence-electron chi connectivity index (χ2n) is 6.44. The van der Waals surface area contributed by atoms with Crippen LogP contribution in [-0.4, -0.2) is 33.7 Å². The Bertz CT molecular complexity index is 967. The van der Waals surface area contributed by atoms with Gasteiger partial charge in [-0.05, 0) is 42.9 Å². The number of hydrogen-bond donors (Lipinski definition) is 3. The third kappa shape index (κ3) is 7.21. The monoisotopic (exact) mass is 455 g/mol. The van der Waals surface area contributed by atoms with Gasteiger partial charge in [-0.2, -0.15) is 13.2 Å². The molecule has 3 N–H and O–H groups in total. The van der Waals surface area contributed by atoms with Crippen LogP contribution in [0.2, 0.25) is 0 Å². The molecule has 166 valence electrons. The molecule has 1 heterocycles. The molecule has 0 saturated heterocycles. The maximum Gasteiger partial charge on any atom is 0.420 e. The van der Waals surface area contributed by atoms with Gasteiger partial charge in [-0.25, -0.2) is 4.79 Å². The molecule has 31 heavy (non-hydrogen) atoms. The highest BCUT2D eigenvalue weighted by Crippen LogP contribution is 2.38. The van der Waals surface area contributed by atoms with E-state index in [2.05, 4.69) is 15.6 Å². The van der Waals surface area contributed by atoms with Crippen molar-refractivity contribution in [2.75, 3.05) is 11.9 Å². The molecule has 0 unspecified atom stereocenters. The number of halogens is 3. The molecule has 7 nitrogen and oxygen atoms in total. The fraction of sp³-hybridized carbons (Fsp3) is 0.300. The average molecular weight is 455 g/mol. The van der Waals surface area contributed by atoms with Gasteiger partial charge in [-0.15, -0.1) is 0 Å². The zero-order chi connectivity index (χ0) is 23.0. The van der Waals surface area contributed by atoms with E-state index in [4.69, 9.17) is 22.1 Å². The summed E-state index contributed by atoms with van der Waals surface area (Å²) in [5.41, 5.74) is -1.25. The highest BCUT2D eigenvalue weighted by atomic mass is 32.1. The predicted molar refractivity (Wildman–Crippen MR) is 111 cm³/mol. The molecule has 0 radical (unpaired) electrons. The summed E-state index contributed by atoms with van der Waals surface area (Å²) in [5.74, 6) is -2.32. The first kappa shape index (κ1) is 24.1. The van der Waals surface area contributed by atoms with E-state index in [1.807, 2.05) is 6.92 Å². The molecule has 0 aliphatic heterocycles. The van der Waals surface area contributed by atoms with E-state index in [9.17, 15) is 22.8 Å². The normalized spacial score (nSPS) is 11.0. The zero-order valence-electron chi connectivity index (χ0n) is 16.5. The summed E-state index contributed by atoms with van der Waals surface area (Å²) in [5, 5.41) is 13.5. The molecule has 1 amide bonds. The minimum atomic E-state index is -4.65. The molecule has 0 atom stereocenters. The molecule has 11 heteroatoms. The largest absolute Gasteiger partial charge is 0.493 e. The van der Waals surface area contributed by atoms with E-state index < -0.39 is 23.6 Å². The number of rotatable bonds is 8. The Labute approximate surface area is 181 Å². The number of carbonyl (C=O) groups excluding carboxylic acids is 1. The maximum atomic E-state index is 13.4. The van der Waals surface area contributed by atoms with Crippen LogP contribution >= 0.6 is 12.2 Å². The number of aromatic nitrogens is 1. The summed E-state index contributed by atoms with van der Waals surface area (Å²) in [7, 11) is 0. The fourth-order valence-electron chi connectivity index (χ4n) is 2.51. The summed E-state index contributed by atoms with van der Waals surface area (Å²) in [6.45, 7) is 2.14. The minimum Gasteiger partial charge on any atom is -0.493 e. The molecule has 0 spiro atoms. The van der Waals surface area contributed by atoms with Crippen LogP contribution < -0.4 is 15.4 Å². The van der Waals surface area contributed by atoms with Crippen molar-refractivity contribution in [3.63, 3.8) is 0 Å². The molecule has 0 aliphatic carbocycles. The molecule has 0 bridgehead atoms. The third-order valence-electron chi connectivity index (χ3n) is 4.02. The molecule has 1 aromatic heterocycles. The Morgan fingerprint density at radius 2 is 1.87 bits per heavy atom. The number of aromatic carboxylic acids is 1. The Morgan fingerprint density at radius 3 is 2.52 bits per heavy atom. The van der Waals surface area contributed by atoms with E-state index in [-0.39, 0.29) is 34.3 Å². The predicted octanol–water partition coefficient (Wildman–Crippen LogP) is 4.49. The molecule has 1 aromatic carbocycles. The fourth-order valence-corrected chi connectivity index (χ4v) is 2.72. The van der Waals surface area contributed by atoms with Gasteiger partial charge >= 0.3 is 12.1 Å². The number of alkyl halides is 3. The van der Waals surface area contributed by atoms with Crippen molar-refractivity contribution in [2.24, 2.45) is 0 Å². The Morgan fingerprint density at radius 1 is 1.16 bits per heavy atom. The van der Waals surface area contributed by atoms with Gasteiger partial charge in [0.1, 0.15) is 5.75 Å². The van der Waals surface area contributed by atoms with E-state index >= 15 is 0 Å². The molecule has 0 saturated carbocycles. The standard InChI is InChI=1S/C20H20F3N3O4S/c1-2-3-4-7-30-16-6-5-14(9-15(16)20(21,22)23)25-19(31)26-17(27)12-8-13(18(28)29)11-24-10-12/h5-6,8-11H,2-4,7H2,1H3,(H,28,29)(H2,25,26,27,31). The Kier molecular flexibility index (Phi) is 8.31. The summed E-state index contributed by atoms with van der Waals surface area (Å²) >= 11 is 4.97. The summed E-state index contributed by atoms with van der Waals surface area (Å²) in [4.78, 5) is 26.8. The molecule has 0 aliphatic rings. The molecule has 2 rings (SSSR count). The second kappa shape index (κ2) is 10.7. The van der Waals surface area contributed by atoms with Crippen molar-refractivity contribution in [1.82, 2.24) is 10.3 Å². The number of nitrogens with zero attached hydrogens (tertiary/aromatic N) is 1. The smallest absolute Gasteiger partial charge is 0.420 e. The van der Waals surface area contributed by atoms with E-state index in [0.29, 0.717) is 6.42 Å². The van der Waals surface area contributed by atoms with Gasteiger partial charge in [0, 0.05) is 18.1 Å². The third-order valence-corrected chi connectivity index (χ3v) is 4.23. The van der Waals surface area contributed by atoms with Crippen molar-refractivity contribution in [3.8, 4) is 5.75 Å². The van der Waals surface area contributed by atoms with Crippen molar-refractivity contribution in [1.29, 1.82) is 0 Å². The second-order valence-corrected chi connectivity index (χ2v) is 6.85. The highest BCUT2D eigenvalue weighted by Gasteiger charge is 2.34. The summed E-state index contributed by atoms with van der Waals surface area (Å²) in [6.07, 6.45) is -0.0392. The number of thiocarbonyl (C=S) groups is 1. The van der Waals surface area contributed by atoms with Gasteiger partial charge < -0.3 is 15.2 Å². The van der Waals surface area contributed by atoms with E-state index in [0.717, 1.165) is 37.4 Å². The van der Waals surface area contributed by atoms with Crippen LogP contribution in [0.4, 0.5) is 18.9 Å². The topological polar surface area (TPSA) is 101 Å². The highest BCUT2D eigenvalue weighted by molar-refractivity contribution is 7.80. The number of anilines is 1. The first-order chi connectivity index (χ1) is 14.6. The lowest BCUT2D eigenvalue weighted by atomic mass is 10.1. The van der Waals surface area contributed by atoms with Crippen molar-refractivity contribution in [2.45, 2.75) is 32.4 Å². The SMILES string of the molecule is CCCCCOc1ccc(NC(=S)NC(=O)c2cncc(C(=O)O)c2)cc1C(F)(F)F. The van der Waals surface area contributed by atoms with Gasteiger partial charge in [0.15, 0.2) is 5.11 Å². The number of amides is 1. The van der Waals surface area contributed by atoms with Crippen LogP contribution in [0.3, 0.4) is 0 Å². The van der Waals surface area contributed by atoms with Crippen molar-refractivity contribution in [3.05, 3.63) is 53.3 Å². The van der Waals surface area contributed by atoms with Crippen LogP contribution in [0.5, 0.6) is 5.75 Å². The van der Waals surface area contributed by atoms with E-state index in [1.54, 1.807) is 0 Å². The van der Waals surface area contributed by atoms with Crippen LogP contribution in [0.25, 0.3) is 0 Å². The lowest BCUT2D eigenvalue weighted by Crippen LogP contribution is -2.34. The number of carbonyl (C=O) groups is 2. The van der Waals surface area contributed by atoms with Crippen molar-refractivity contribution < 1.29 is 32.6 Å². The number of carboxylic acid groups (broad SMARTS) is 1. The number of carboxylic acids is 1. The van der Waals surface area contributed by atoms with Gasteiger partial charge in [0.2, 0.25) is 0 Å². The number of benzene rings is 1. The number of unbranched alkanes of at least 4 members (excludes halogenated alkanes) is 2. The summed E-state index contributed by atoms with van der Waals surface area (Å²) in [6, 6.07) is 4.46. The number of pyridine rings is 1. The Balaban J connectivity index is 2.09. The quantitative estimate of drug-likeness (QED) is 0.398. The number of hydrogen-bond acceptors (Lipinski definition) is 5. The van der Waals surface area contributed by atoms with Gasteiger partial charge in [0.05, 0.1) is 23.3 Å². The molecular weight excluding hydrogens is 435 g/mol. The van der Waals surface area contributed by atoms with Crippen LogP contribution in [0.1, 0.15) is 52.5 Å². The molecular formula is C20H20F3N3O4S. The maximum absolute atomic E-state index is 13.4. The first-order valence-electron chi connectivity index (χ1n) is 9.26. The summed E-state index contributed by atoms with van der Waals surface area (Å²) < 4.78 is 45.5. The van der Waals surface area contributed by atoms with Gasteiger partial charge in [-0.1, -0.05) is 19.8 Å². The Hall–Kier alpha value is -3.21. The van der Waals surface area contributed by atoms with Gasteiger partial charge in [0.25, 0.3) is 5.91 Å². The van der Waals surface area contributed by atoms with Crippen molar-refractivity contribution >= 4 is 34.9 Å². The lowest BCUT2D eigenvalue weighted by molar-refractivity contribution is -0.138. The van der Waals surface area contributed by atoms with Crippen LogP contribution in [0, 0.1) is 0 Å². The van der Waals surface area contributed by atoms with Gasteiger partial charge in [-0.3, -0.25) is 15.1 Å². The number of ether oxygens (including phenoxy) is 1. The molecule has 0 fully saturated rings. The molecule has 2 aromatic rings. The average Bonchev–Trinajstić information content (AvgIpc) is 2.71. The first-order valence-corrected chi connectivity index (χ1v) is 9.67. The minimum absolute atomic E-state index is 0.00375.